The molecule has 4 heteroatoms. The quantitative estimate of drug-likeness (QED) is 0.769. The Morgan fingerprint density at radius 2 is 1.63 bits per heavy atom. The minimum absolute atomic E-state index is 0.167. The lowest BCUT2D eigenvalue weighted by molar-refractivity contribution is -0.0337. The molecule has 1 aliphatic heterocycles. The molecule has 1 heterocycles. The van der Waals surface area contributed by atoms with E-state index in [9.17, 15) is 5.11 Å². The number of hydrogen-bond acceptors (Lipinski definition) is 4. The number of likely N-dealkylation sites (N-methyl/N-ethyl adjacent to an activating group) is 1. The number of ether oxygens (including phenoxy) is 1. The number of methoxy groups -OCH3 is 1. The maximum atomic E-state index is 11.7. The van der Waals surface area contributed by atoms with Crippen molar-refractivity contribution in [1.29, 1.82) is 0 Å². The predicted octanol–water partition coefficient (Wildman–Crippen LogP) is 4.39. The minimum atomic E-state index is -0.584. The van der Waals surface area contributed by atoms with Gasteiger partial charge in [0.05, 0.1) is 12.7 Å². The van der Waals surface area contributed by atoms with E-state index in [0.717, 1.165) is 69.7 Å². The van der Waals surface area contributed by atoms with Crippen molar-refractivity contribution in [3.63, 3.8) is 0 Å². The highest BCUT2D eigenvalue weighted by atomic mass is 16.5. The van der Waals surface area contributed by atoms with Crippen LogP contribution >= 0.6 is 0 Å². The number of benzene rings is 2. The molecule has 0 radical (unpaired) electrons. The van der Waals surface area contributed by atoms with E-state index in [-0.39, 0.29) is 5.92 Å². The van der Waals surface area contributed by atoms with E-state index in [1.54, 1.807) is 7.11 Å². The van der Waals surface area contributed by atoms with Gasteiger partial charge in [0, 0.05) is 38.6 Å². The summed E-state index contributed by atoms with van der Waals surface area (Å²) < 4.78 is 5.38. The average Bonchev–Trinajstić information content (AvgIpc) is 2.79. The second-order valence-electron chi connectivity index (χ2n) is 9.17. The van der Waals surface area contributed by atoms with Gasteiger partial charge in [-0.1, -0.05) is 55.7 Å². The maximum Gasteiger partial charge on any atom is 0.119 e. The molecule has 1 unspecified atom stereocenters. The Kier molecular flexibility index (Phi) is 6.77. The number of nitrogens with zero attached hydrogens (tertiary/aromatic N) is 2. The van der Waals surface area contributed by atoms with Crippen molar-refractivity contribution in [2.75, 3.05) is 46.9 Å². The molecule has 1 saturated heterocycles. The Balaban J connectivity index is 1.58. The van der Waals surface area contributed by atoms with Crippen molar-refractivity contribution in [3.05, 3.63) is 54.1 Å². The molecule has 2 aromatic carbocycles. The van der Waals surface area contributed by atoms with E-state index in [1.165, 1.54) is 17.5 Å². The van der Waals surface area contributed by atoms with Gasteiger partial charge in [-0.25, -0.2) is 0 Å². The van der Waals surface area contributed by atoms with Crippen molar-refractivity contribution >= 4 is 0 Å². The lowest BCUT2D eigenvalue weighted by Crippen LogP contribution is -2.50. The van der Waals surface area contributed by atoms with Gasteiger partial charge in [0.2, 0.25) is 0 Å². The lowest BCUT2D eigenvalue weighted by Gasteiger charge is -2.43. The van der Waals surface area contributed by atoms with Crippen LogP contribution in [0.3, 0.4) is 0 Å². The first-order valence-electron chi connectivity index (χ1n) is 11.4. The highest BCUT2D eigenvalue weighted by Crippen LogP contribution is 2.41. The fourth-order valence-corrected chi connectivity index (χ4v) is 5.10. The summed E-state index contributed by atoms with van der Waals surface area (Å²) in [6.07, 6.45) is 5.36. The summed E-state index contributed by atoms with van der Waals surface area (Å²) in [7, 11) is 3.90. The van der Waals surface area contributed by atoms with Gasteiger partial charge in [-0.15, -0.1) is 0 Å². The molecule has 1 saturated carbocycles. The molecule has 1 atom stereocenters. The summed E-state index contributed by atoms with van der Waals surface area (Å²) in [5, 5.41) is 11.7. The molecule has 0 bridgehead atoms. The summed E-state index contributed by atoms with van der Waals surface area (Å²) in [5.41, 5.74) is 3.03. The van der Waals surface area contributed by atoms with Crippen LogP contribution in [0.4, 0.5) is 0 Å². The monoisotopic (exact) mass is 408 g/mol. The molecule has 1 aliphatic carbocycles. The summed E-state index contributed by atoms with van der Waals surface area (Å²) in [6.45, 7) is 5.35. The van der Waals surface area contributed by atoms with Crippen LogP contribution in [0, 0.1) is 0 Å². The first-order chi connectivity index (χ1) is 14.6. The first kappa shape index (κ1) is 21.4. The van der Waals surface area contributed by atoms with Crippen LogP contribution in [0.1, 0.15) is 43.6 Å². The second kappa shape index (κ2) is 9.51. The lowest BCUT2D eigenvalue weighted by atomic mass is 9.72. The Morgan fingerprint density at radius 1 is 0.933 bits per heavy atom. The van der Waals surface area contributed by atoms with Crippen molar-refractivity contribution in [2.24, 2.45) is 0 Å². The third-order valence-electron chi connectivity index (χ3n) is 7.12. The molecule has 162 valence electrons. The average molecular weight is 409 g/mol. The smallest absolute Gasteiger partial charge is 0.119 e. The van der Waals surface area contributed by atoms with Gasteiger partial charge < -0.3 is 19.6 Å². The van der Waals surface area contributed by atoms with Crippen LogP contribution in [0.2, 0.25) is 0 Å². The molecule has 0 amide bonds. The van der Waals surface area contributed by atoms with E-state index in [0.29, 0.717) is 0 Å². The molecule has 0 spiro atoms. The molecule has 2 aromatic rings. The van der Waals surface area contributed by atoms with Crippen LogP contribution in [-0.4, -0.2) is 67.4 Å². The fourth-order valence-electron chi connectivity index (χ4n) is 5.10. The van der Waals surface area contributed by atoms with E-state index in [4.69, 9.17) is 4.74 Å². The van der Waals surface area contributed by atoms with Gasteiger partial charge in [-0.05, 0) is 48.7 Å². The highest BCUT2D eigenvalue weighted by molar-refractivity contribution is 5.65. The van der Waals surface area contributed by atoms with E-state index < -0.39 is 5.60 Å². The maximum absolute atomic E-state index is 11.7. The zero-order valence-electron chi connectivity index (χ0n) is 18.5. The molecule has 2 aliphatic rings. The molecule has 4 rings (SSSR count). The molecular formula is C26H36N2O2. The highest BCUT2D eigenvalue weighted by Gasteiger charge is 2.39. The Labute approximate surface area is 181 Å². The summed E-state index contributed by atoms with van der Waals surface area (Å²) in [4.78, 5) is 4.94. The number of aliphatic hydroxyl groups is 1. The number of rotatable bonds is 6. The van der Waals surface area contributed by atoms with Crippen molar-refractivity contribution in [2.45, 2.75) is 43.6 Å². The van der Waals surface area contributed by atoms with Gasteiger partial charge in [0.25, 0.3) is 0 Å². The molecule has 0 aromatic heterocycles. The zero-order valence-corrected chi connectivity index (χ0v) is 18.5. The number of piperazine rings is 1. The third-order valence-corrected chi connectivity index (χ3v) is 7.12. The molecular weight excluding hydrogens is 372 g/mol. The van der Waals surface area contributed by atoms with Crippen molar-refractivity contribution in [3.8, 4) is 16.9 Å². The van der Waals surface area contributed by atoms with Crippen LogP contribution in [-0.2, 0) is 0 Å². The molecule has 1 N–H and O–H groups in total. The van der Waals surface area contributed by atoms with E-state index in [1.807, 2.05) is 12.1 Å². The standard InChI is InChI=1S/C26H36N2O2/c1-27-15-17-28(18-16-27)20-25(26(29)13-4-3-5-14-26)22-11-9-21(10-12-22)23-7-6-8-24(19-23)30-2/h6-12,19,25,29H,3-5,13-18,20H2,1-2H3. The zero-order chi connectivity index (χ0) is 21.0. The Bertz CT molecular complexity index is 806. The van der Waals surface area contributed by atoms with Gasteiger partial charge in [0.15, 0.2) is 0 Å². The largest absolute Gasteiger partial charge is 0.497 e. The molecule has 2 fully saturated rings. The Hall–Kier alpha value is -1.88. The predicted molar refractivity (Wildman–Crippen MR) is 123 cm³/mol. The SMILES string of the molecule is COc1cccc(-c2ccc(C(CN3CCN(C)CC3)C3(O)CCCCC3)cc2)c1. The summed E-state index contributed by atoms with van der Waals surface area (Å²) in [5.74, 6) is 1.04. The molecule has 30 heavy (non-hydrogen) atoms. The number of hydrogen-bond donors (Lipinski definition) is 1. The van der Waals surface area contributed by atoms with Crippen molar-refractivity contribution in [1.82, 2.24) is 9.80 Å². The van der Waals surface area contributed by atoms with Crippen LogP contribution in [0.15, 0.2) is 48.5 Å². The van der Waals surface area contributed by atoms with Gasteiger partial charge in [0.1, 0.15) is 5.75 Å². The summed E-state index contributed by atoms with van der Waals surface area (Å²) >= 11 is 0. The second-order valence-corrected chi connectivity index (χ2v) is 9.17. The summed E-state index contributed by atoms with van der Waals surface area (Å²) in [6, 6.07) is 17.1. The normalized spacial score (nSPS) is 21.3. The van der Waals surface area contributed by atoms with Crippen molar-refractivity contribution < 1.29 is 9.84 Å². The third kappa shape index (κ3) is 4.88. The molecule has 4 nitrogen and oxygen atoms in total. The fraction of sp³-hybridized carbons (Fsp3) is 0.538. The first-order valence-corrected chi connectivity index (χ1v) is 11.4. The van der Waals surface area contributed by atoms with Gasteiger partial charge in [-0.2, -0.15) is 0 Å². The minimum Gasteiger partial charge on any atom is -0.497 e. The van der Waals surface area contributed by atoms with Gasteiger partial charge in [-0.3, -0.25) is 0 Å². The van der Waals surface area contributed by atoms with E-state index in [2.05, 4.69) is 53.2 Å². The Morgan fingerprint density at radius 3 is 2.30 bits per heavy atom. The van der Waals surface area contributed by atoms with E-state index >= 15 is 0 Å². The van der Waals surface area contributed by atoms with Crippen LogP contribution in [0.5, 0.6) is 5.75 Å². The van der Waals surface area contributed by atoms with Crippen LogP contribution in [0.25, 0.3) is 11.1 Å². The van der Waals surface area contributed by atoms with Gasteiger partial charge >= 0.3 is 0 Å². The van der Waals surface area contributed by atoms with Crippen LogP contribution < -0.4 is 4.74 Å². The topological polar surface area (TPSA) is 35.9 Å².